The van der Waals surface area contributed by atoms with E-state index in [9.17, 15) is 0 Å². The first-order valence-electron chi connectivity index (χ1n) is 5.25. The molecule has 0 aliphatic carbocycles. The van der Waals surface area contributed by atoms with Crippen molar-refractivity contribution in [2.45, 2.75) is 38.8 Å². The molecule has 3 heteroatoms. The molecule has 1 N–H and O–H groups in total. The van der Waals surface area contributed by atoms with Gasteiger partial charge in [-0.25, -0.2) is 0 Å². The van der Waals surface area contributed by atoms with Gasteiger partial charge in [-0.15, -0.1) is 0 Å². The van der Waals surface area contributed by atoms with Crippen molar-refractivity contribution in [3.8, 4) is 0 Å². The van der Waals surface area contributed by atoms with Gasteiger partial charge in [-0.05, 0) is 13.3 Å². The van der Waals surface area contributed by atoms with Gasteiger partial charge in [-0.2, -0.15) is 0 Å². The molecule has 0 bridgehead atoms. The van der Waals surface area contributed by atoms with E-state index in [4.69, 9.17) is 9.47 Å². The van der Waals surface area contributed by atoms with E-state index in [0.29, 0.717) is 12.1 Å². The highest BCUT2D eigenvalue weighted by Crippen LogP contribution is 2.04. The molecule has 1 fully saturated rings. The van der Waals surface area contributed by atoms with Gasteiger partial charge in [0.2, 0.25) is 0 Å². The van der Waals surface area contributed by atoms with Gasteiger partial charge in [0, 0.05) is 12.6 Å². The van der Waals surface area contributed by atoms with E-state index in [0.717, 1.165) is 26.4 Å². The van der Waals surface area contributed by atoms with Crippen LogP contribution in [0.2, 0.25) is 0 Å². The molecule has 0 saturated carbocycles. The Morgan fingerprint density at radius 3 is 2.85 bits per heavy atom. The first kappa shape index (κ1) is 11.0. The summed E-state index contributed by atoms with van der Waals surface area (Å²) >= 11 is 0. The lowest BCUT2D eigenvalue weighted by molar-refractivity contribution is -0.128. The summed E-state index contributed by atoms with van der Waals surface area (Å²) in [6, 6.07) is 0.617. The number of ether oxygens (including phenoxy) is 2. The fourth-order valence-electron chi connectivity index (χ4n) is 1.38. The van der Waals surface area contributed by atoms with Crippen molar-refractivity contribution >= 4 is 0 Å². The smallest absolute Gasteiger partial charge is 0.104 e. The fourth-order valence-corrected chi connectivity index (χ4v) is 1.38. The van der Waals surface area contributed by atoms with E-state index in [-0.39, 0.29) is 0 Å². The van der Waals surface area contributed by atoms with E-state index in [1.54, 1.807) is 0 Å². The van der Waals surface area contributed by atoms with Gasteiger partial charge in [0.05, 0.1) is 19.8 Å². The summed E-state index contributed by atoms with van der Waals surface area (Å²) in [5.41, 5.74) is 0. The van der Waals surface area contributed by atoms with Crippen LogP contribution in [0.15, 0.2) is 0 Å². The van der Waals surface area contributed by atoms with Crippen molar-refractivity contribution < 1.29 is 9.47 Å². The van der Waals surface area contributed by atoms with Gasteiger partial charge in [0.1, 0.15) is 6.10 Å². The Balaban J connectivity index is 1.82. The van der Waals surface area contributed by atoms with Crippen LogP contribution in [0.3, 0.4) is 0 Å². The quantitative estimate of drug-likeness (QED) is 0.607. The highest BCUT2D eigenvalue weighted by atomic mass is 16.6. The van der Waals surface area contributed by atoms with Crippen molar-refractivity contribution in [1.82, 2.24) is 5.32 Å². The largest absolute Gasteiger partial charge is 0.376 e. The second-order valence-electron chi connectivity index (χ2n) is 3.67. The molecule has 0 aromatic carbocycles. The Kier molecular flexibility index (Phi) is 5.35. The lowest BCUT2D eigenvalue weighted by Gasteiger charge is -2.26. The summed E-state index contributed by atoms with van der Waals surface area (Å²) in [4.78, 5) is 0. The van der Waals surface area contributed by atoms with Crippen molar-refractivity contribution in [1.29, 1.82) is 0 Å². The van der Waals surface area contributed by atoms with Crippen LogP contribution in [0.4, 0.5) is 0 Å². The van der Waals surface area contributed by atoms with Crippen LogP contribution >= 0.6 is 0 Å². The molecule has 0 aromatic rings. The molecule has 1 aliphatic heterocycles. The van der Waals surface area contributed by atoms with E-state index in [1.807, 2.05) is 0 Å². The molecule has 3 nitrogen and oxygen atoms in total. The van der Waals surface area contributed by atoms with Crippen LogP contribution in [0, 0.1) is 0 Å². The minimum atomic E-state index is 0.364. The minimum absolute atomic E-state index is 0.364. The molecule has 13 heavy (non-hydrogen) atoms. The molecule has 1 saturated heterocycles. The topological polar surface area (TPSA) is 30.5 Å². The molecular weight excluding hydrogens is 166 g/mol. The summed E-state index contributed by atoms with van der Waals surface area (Å²) in [6.45, 7) is 7.76. The SMILES string of the molecule is CCCC(C)NCCOC1COC1. The third kappa shape index (κ3) is 4.60. The summed E-state index contributed by atoms with van der Waals surface area (Å²) in [5.74, 6) is 0. The summed E-state index contributed by atoms with van der Waals surface area (Å²) in [5, 5.41) is 3.42. The third-order valence-corrected chi connectivity index (χ3v) is 2.28. The maximum atomic E-state index is 5.52. The van der Waals surface area contributed by atoms with Crippen molar-refractivity contribution in [3.05, 3.63) is 0 Å². The molecule has 0 aromatic heterocycles. The van der Waals surface area contributed by atoms with Crippen molar-refractivity contribution in [3.63, 3.8) is 0 Å². The van der Waals surface area contributed by atoms with Crippen LogP contribution < -0.4 is 5.32 Å². The third-order valence-electron chi connectivity index (χ3n) is 2.28. The van der Waals surface area contributed by atoms with Crippen LogP contribution in [-0.4, -0.2) is 38.5 Å². The maximum Gasteiger partial charge on any atom is 0.104 e. The van der Waals surface area contributed by atoms with E-state index < -0.39 is 0 Å². The van der Waals surface area contributed by atoms with Gasteiger partial charge in [0.25, 0.3) is 0 Å². The first-order chi connectivity index (χ1) is 6.33. The fraction of sp³-hybridized carbons (Fsp3) is 1.00. The highest BCUT2D eigenvalue weighted by Gasteiger charge is 2.17. The van der Waals surface area contributed by atoms with Crippen LogP contribution in [0.5, 0.6) is 0 Å². The molecule has 78 valence electrons. The Labute approximate surface area is 80.8 Å². The molecule has 1 heterocycles. The molecule has 1 aliphatic rings. The zero-order chi connectivity index (χ0) is 9.52. The normalized spacial score (nSPS) is 19.8. The average molecular weight is 187 g/mol. The summed E-state index contributed by atoms with van der Waals surface area (Å²) < 4.78 is 10.5. The monoisotopic (exact) mass is 187 g/mol. The van der Waals surface area contributed by atoms with Gasteiger partial charge in [0.15, 0.2) is 0 Å². The minimum Gasteiger partial charge on any atom is -0.376 e. The molecule has 1 unspecified atom stereocenters. The number of hydrogen-bond donors (Lipinski definition) is 1. The van der Waals surface area contributed by atoms with Crippen LogP contribution in [0.1, 0.15) is 26.7 Å². The second kappa shape index (κ2) is 6.35. The Morgan fingerprint density at radius 2 is 2.31 bits per heavy atom. The van der Waals surface area contributed by atoms with Crippen LogP contribution in [-0.2, 0) is 9.47 Å². The van der Waals surface area contributed by atoms with E-state index >= 15 is 0 Å². The molecule has 1 atom stereocenters. The predicted molar refractivity (Wildman–Crippen MR) is 52.9 cm³/mol. The predicted octanol–water partition coefficient (Wildman–Crippen LogP) is 1.18. The second-order valence-corrected chi connectivity index (χ2v) is 3.67. The standard InChI is InChI=1S/C10H21NO2/c1-3-4-9(2)11-5-6-13-10-7-12-8-10/h9-11H,3-8H2,1-2H3. The lowest BCUT2D eigenvalue weighted by Crippen LogP contribution is -2.38. The summed E-state index contributed by atoms with van der Waals surface area (Å²) in [7, 11) is 0. The zero-order valence-electron chi connectivity index (χ0n) is 8.71. The highest BCUT2D eigenvalue weighted by molar-refractivity contribution is 4.65. The number of rotatable bonds is 7. The molecule has 0 radical (unpaired) electrons. The molecular formula is C10H21NO2. The Bertz CT molecular complexity index is 126. The lowest BCUT2D eigenvalue weighted by atomic mass is 10.2. The Hall–Kier alpha value is -0.120. The molecule has 0 amide bonds. The number of hydrogen-bond acceptors (Lipinski definition) is 3. The van der Waals surface area contributed by atoms with Crippen molar-refractivity contribution in [2.75, 3.05) is 26.4 Å². The Morgan fingerprint density at radius 1 is 1.54 bits per heavy atom. The first-order valence-corrected chi connectivity index (χ1v) is 5.25. The maximum absolute atomic E-state index is 5.52. The molecule has 1 rings (SSSR count). The van der Waals surface area contributed by atoms with Gasteiger partial charge in [-0.3, -0.25) is 0 Å². The summed E-state index contributed by atoms with van der Waals surface area (Å²) in [6.07, 6.45) is 2.85. The number of nitrogens with one attached hydrogen (secondary N) is 1. The average Bonchev–Trinajstić information content (AvgIpc) is 2.01. The van der Waals surface area contributed by atoms with E-state index in [1.165, 1.54) is 12.8 Å². The van der Waals surface area contributed by atoms with Gasteiger partial charge in [-0.1, -0.05) is 13.3 Å². The van der Waals surface area contributed by atoms with Crippen LogP contribution in [0.25, 0.3) is 0 Å². The van der Waals surface area contributed by atoms with E-state index in [2.05, 4.69) is 19.2 Å². The van der Waals surface area contributed by atoms with Crippen molar-refractivity contribution in [2.24, 2.45) is 0 Å². The van der Waals surface area contributed by atoms with Gasteiger partial charge < -0.3 is 14.8 Å². The zero-order valence-corrected chi connectivity index (χ0v) is 8.71. The van der Waals surface area contributed by atoms with Gasteiger partial charge >= 0.3 is 0 Å². The molecule has 0 spiro atoms.